The second-order valence-electron chi connectivity index (χ2n) is 8.02. The molecule has 0 unspecified atom stereocenters. The van der Waals surface area contributed by atoms with Crippen molar-refractivity contribution in [3.05, 3.63) is 51.7 Å². The topological polar surface area (TPSA) is 64.9 Å². The Kier molecular flexibility index (Phi) is 6.35. The Hall–Kier alpha value is -2.30. The molecule has 0 aliphatic heterocycles. The Morgan fingerprint density at radius 2 is 2.07 bits per heavy atom. The summed E-state index contributed by atoms with van der Waals surface area (Å²) in [5, 5.41) is 16.1. The van der Waals surface area contributed by atoms with E-state index >= 15 is 0 Å². The van der Waals surface area contributed by atoms with Crippen LogP contribution in [0.4, 0.5) is 9.39 Å². The third-order valence-electron chi connectivity index (χ3n) is 5.95. The molecule has 7 heteroatoms. The summed E-state index contributed by atoms with van der Waals surface area (Å²) in [4.78, 5) is 13.5. The van der Waals surface area contributed by atoms with Crippen LogP contribution in [-0.4, -0.2) is 11.0 Å². The molecule has 1 aliphatic carbocycles. The second kappa shape index (κ2) is 8.60. The fourth-order valence-corrected chi connectivity index (χ4v) is 5.20. The van der Waals surface area contributed by atoms with Gasteiger partial charge in [0.25, 0.3) is 5.91 Å². The molecule has 4 nitrogen and oxygen atoms in total. The van der Waals surface area contributed by atoms with Crippen molar-refractivity contribution in [2.24, 2.45) is 11.3 Å². The zero-order valence-corrected chi connectivity index (χ0v) is 18.4. The van der Waals surface area contributed by atoms with Crippen LogP contribution in [0.15, 0.2) is 24.3 Å². The molecule has 2 aromatic rings. The molecule has 152 valence electrons. The summed E-state index contributed by atoms with van der Waals surface area (Å²) in [7, 11) is 0. The van der Waals surface area contributed by atoms with Crippen LogP contribution in [0.3, 0.4) is 0 Å². The smallest absolute Gasteiger partial charge is 0.257 e. The van der Waals surface area contributed by atoms with Crippen LogP contribution < -0.4 is 10.6 Å². The lowest BCUT2D eigenvalue weighted by Crippen LogP contribution is -2.34. The number of thiocarbonyl (C=S) groups is 1. The van der Waals surface area contributed by atoms with Crippen LogP contribution in [-0.2, 0) is 12.8 Å². The van der Waals surface area contributed by atoms with Crippen LogP contribution in [0, 0.1) is 28.5 Å². The quantitative estimate of drug-likeness (QED) is 0.637. The monoisotopic (exact) mass is 429 g/mol. The highest BCUT2D eigenvalue weighted by Gasteiger charge is 2.34. The van der Waals surface area contributed by atoms with Crippen molar-refractivity contribution in [1.82, 2.24) is 5.32 Å². The van der Waals surface area contributed by atoms with Crippen molar-refractivity contribution < 1.29 is 9.18 Å². The summed E-state index contributed by atoms with van der Waals surface area (Å²) < 4.78 is 13.0. The van der Waals surface area contributed by atoms with E-state index < -0.39 is 11.7 Å². The Morgan fingerprint density at radius 3 is 2.69 bits per heavy atom. The maximum atomic E-state index is 13.0. The minimum absolute atomic E-state index is 0.125. The summed E-state index contributed by atoms with van der Waals surface area (Å²) >= 11 is 6.82. The number of thiophene rings is 1. The van der Waals surface area contributed by atoms with Gasteiger partial charge in [0, 0.05) is 10.4 Å². The van der Waals surface area contributed by atoms with Gasteiger partial charge in [-0.15, -0.1) is 11.3 Å². The van der Waals surface area contributed by atoms with E-state index in [1.54, 1.807) is 11.3 Å². The fourth-order valence-electron chi connectivity index (χ4n) is 3.66. The molecule has 0 saturated heterocycles. The van der Waals surface area contributed by atoms with Crippen LogP contribution >= 0.6 is 23.6 Å². The van der Waals surface area contributed by atoms with Crippen molar-refractivity contribution in [2.45, 2.75) is 46.5 Å². The maximum Gasteiger partial charge on any atom is 0.257 e. The van der Waals surface area contributed by atoms with E-state index in [0.717, 1.165) is 31.2 Å². The molecule has 1 atom stereocenters. The zero-order valence-electron chi connectivity index (χ0n) is 16.8. The Morgan fingerprint density at radius 1 is 1.38 bits per heavy atom. The van der Waals surface area contributed by atoms with E-state index in [9.17, 15) is 14.4 Å². The summed E-state index contributed by atoms with van der Waals surface area (Å²) in [5.74, 6) is -0.245. The number of nitrogens with zero attached hydrogens (tertiary/aromatic N) is 1. The number of nitriles is 1. The second-order valence-corrected chi connectivity index (χ2v) is 9.53. The third kappa shape index (κ3) is 4.65. The van der Waals surface area contributed by atoms with Crippen molar-refractivity contribution in [1.29, 1.82) is 5.26 Å². The number of benzene rings is 1. The minimum atomic E-state index is -0.424. The summed E-state index contributed by atoms with van der Waals surface area (Å²) in [6, 6.07) is 7.54. The van der Waals surface area contributed by atoms with E-state index in [1.807, 2.05) is 0 Å². The summed E-state index contributed by atoms with van der Waals surface area (Å²) in [6.07, 6.45) is 4.05. The van der Waals surface area contributed by atoms with Gasteiger partial charge >= 0.3 is 0 Å². The van der Waals surface area contributed by atoms with Gasteiger partial charge in [0.15, 0.2) is 5.11 Å². The van der Waals surface area contributed by atoms with E-state index in [0.29, 0.717) is 22.0 Å². The number of fused-ring (bicyclic) bond motifs is 1. The number of carbonyl (C=O) groups is 1. The van der Waals surface area contributed by atoms with Crippen molar-refractivity contribution in [2.75, 3.05) is 5.32 Å². The predicted octanol–water partition coefficient (Wildman–Crippen LogP) is 5.43. The zero-order chi connectivity index (χ0) is 21.2. The normalized spacial score (nSPS) is 15.9. The predicted molar refractivity (Wildman–Crippen MR) is 119 cm³/mol. The van der Waals surface area contributed by atoms with Gasteiger partial charge in [0.05, 0.1) is 5.56 Å². The number of halogens is 1. The number of amides is 1. The number of nitrogens with one attached hydrogen (secondary N) is 2. The van der Waals surface area contributed by atoms with Gasteiger partial charge in [-0.25, -0.2) is 4.39 Å². The maximum absolute atomic E-state index is 13.0. The van der Waals surface area contributed by atoms with Gasteiger partial charge in [-0.3, -0.25) is 10.1 Å². The molecule has 29 heavy (non-hydrogen) atoms. The molecule has 1 aromatic carbocycles. The lowest BCUT2D eigenvalue weighted by Gasteiger charge is -2.36. The van der Waals surface area contributed by atoms with E-state index in [1.165, 1.54) is 29.1 Å². The highest BCUT2D eigenvalue weighted by Crippen LogP contribution is 2.45. The SMILES string of the molecule is CCC(C)(C)[C@@H]1CCc2c(sc(NC(=S)NC(=O)c3ccc(F)cc3)c2C#N)C1. The largest absolute Gasteiger partial charge is 0.323 e. The molecule has 3 rings (SSSR count). The third-order valence-corrected chi connectivity index (χ3v) is 7.33. The van der Waals surface area contributed by atoms with Gasteiger partial charge in [0.2, 0.25) is 0 Å². The molecule has 1 heterocycles. The molecule has 0 spiro atoms. The first-order valence-electron chi connectivity index (χ1n) is 9.67. The molecular weight excluding hydrogens is 405 g/mol. The van der Waals surface area contributed by atoms with E-state index in [-0.39, 0.29) is 10.5 Å². The lowest BCUT2D eigenvalue weighted by atomic mass is 9.69. The number of carbonyl (C=O) groups excluding carboxylic acids is 1. The summed E-state index contributed by atoms with van der Waals surface area (Å²) in [5.41, 5.74) is 2.30. The average Bonchev–Trinajstić information content (AvgIpc) is 3.04. The molecule has 0 bridgehead atoms. The van der Waals surface area contributed by atoms with Gasteiger partial charge in [0.1, 0.15) is 16.9 Å². The number of rotatable bonds is 4. The van der Waals surface area contributed by atoms with Crippen molar-refractivity contribution in [3.8, 4) is 6.07 Å². The standard InChI is InChI=1S/C22H24FN3OS2/c1-4-22(2,3)14-7-10-16-17(12-24)20(29-18(16)11-14)26-21(28)25-19(27)13-5-8-15(23)9-6-13/h5-6,8-9,14H,4,7,10-11H2,1-3H3,(H2,25,26,27,28)/t14-/m1/s1. The first-order valence-corrected chi connectivity index (χ1v) is 10.9. The fraction of sp³-hybridized carbons (Fsp3) is 0.409. The number of anilines is 1. The highest BCUT2D eigenvalue weighted by molar-refractivity contribution is 7.80. The average molecular weight is 430 g/mol. The highest BCUT2D eigenvalue weighted by atomic mass is 32.1. The lowest BCUT2D eigenvalue weighted by molar-refractivity contribution is 0.0977. The molecule has 0 fully saturated rings. The van der Waals surface area contributed by atoms with Gasteiger partial charge < -0.3 is 5.32 Å². The Balaban J connectivity index is 1.73. The van der Waals surface area contributed by atoms with Crippen LogP contribution in [0.5, 0.6) is 0 Å². The molecule has 1 aromatic heterocycles. The molecule has 0 radical (unpaired) electrons. The van der Waals surface area contributed by atoms with E-state index in [4.69, 9.17) is 12.2 Å². The molecular formula is C22H24FN3OS2. The van der Waals surface area contributed by atoms with Gasteiger partial charge in [-0.05, 0) is 72.6 Å². The molecule has 2 N–H and O–H groups in total. The molecule has 1 aliphatic rings. The first-order chi connectivity index (χ1) is 13.7. The first kappa shape index (κ1) is 21.4. The molecule has 0 saturated carbocycles. The number of hydrogen-bond donors (Lipinski definition) is 2. The molecule has 1 amide bonds. The van der Waals surface area contributed by atoms with Crippen molar-refractivity contribution in [3.63, 3.8) is 0 Å². The van der Waals surface area contributed by atoms with E-state index in [2.05, 4.69) is 37.5 Å². The van der Waals surface area contributed by atoms with Crippen LogP contribution in [0.1, 0.15) is 60.0 Å². The van der Waals surface area contributed by atoms with Gasteiger partial charge in [-0.2, -0.15) is 5.26 Å². The van der Waals surface area contributed by atoms with Crippen LogP contribution in [0.25, 0.3) is 0 Å². The van der Waals surface area contributed by atoms with Crippen LogP contribution in [0.2, 0.25) is 0 Å². The van der Waals surface area contributed by atoms with Crippen molar-refractivity contribution >= 4 is 39.6 Å². The Bertz CT molecular complexity index is 973. The number of hydrogen-bond acceptors (Lipinski definition) is 4. The Labute approximate surface area is 180 Å². The summed E-state index contributed by atoms with van der Waals surface area (Å²) in [6.45, 7) is 6.83. The van der Waals surface area contributed by atoms with Gasteiger partial charge in [-0.1, -0.05) is 27.2 Å². The minimum Gasteiger partial charge on any atom is -0.323 e.